The molecule has 14 heavy (non-hydrogen) atoms. The van der Waals surface area contributed by atoms with Gasteiger partial charge in [0.05, 0.1) is 0 Å². The van der Waals surface area contributed by atoms with Gasteiger partial charge in [-0.25, -0.2) is 4.79 Å². The van der Waals surface area contributed by atoms with Crippen LogP contribution in [0.5, 0.6) is 0 Å². The molecule has 0 amide bonds. The van der Waals surface area contributed by atoms with Crippen LogP contribution in [0.1, 0.15) is 45.4 Å². The maximum absolute atomic E-state index is 10.8. The lowest BCUT2D eigenvalue weighted by Gasteiger charge is -2.21. The van der Waals surface area contributed by atoms with E-state index in [1.807, 2.05) is 0 Å². The van der Waals surface area contributed by atoms with Gasteiger partial charge in [0.25, 0.3) is 0 Å². The number of carboxylic acids is 1. The summed E-state index contributed by atoms with van der Waals surface area (Å²) in [4.78, 5) is 10.8. The number of rotatable bonds is 8. The minimum atomic E-state index is -1.60. The van der Waals surface area contributed by atoms with Gasteiger partial charge in [-0.2, -0.15) is 0 Å². The van der Waals surface area contributed by atoms with Crippen LogP contribution in [-0.4, -0.2) is 21.8 Å². The predicted molar refractivity (Wildman–Crippen MR) is 56.2 cm³/mol. The Morgan fingerprint density at radius 2 is 2.07 bits per heavy atom. The van der Waals surface area contributed by atoms with E-state index in [-0.39, 0.29) is 6.42 Å². The van der Waals surface area contributed by atoms with E-state index >= 15 is 0 Å². The molecule has 0 aliphatic heterocycles. The van der Waals surface area contributed by atoms with E-state index < -0.39 is 11.6 Å². The van der Waals surface area contributed by atoms with Crippen LogP contribution in [0.25, 0.3) is 0 Å². The largest absolute Gasteiger partial charge is 0.479 e. The van der Waals surface area contributed by atoms with Crippen molar-refractivity contribution >= 4 is 5.97 Å². The monoisotopic (exact) mass is 200 g/mol. The zero-order valence-corrected chi connectivity index (χ0v) is 8.83. The number of carboxylic acid groups (broad SMARTS) is 1. The molecule has 0 spiro atoms. The van der Waals surface area contributed by atoms with E-state index in [2.05, 4.69) is 13.5 Å². The Labute approximate surface area is 85.4 Å². The second-order valence-corrected chi connectivity index (χ2v) is 3.64. The van der Waals surface area contributed by atoms with Gasteiger partial charge >= 0.3 is 5.97 Å². The van der Waals surface area contributed by atoms with Gasteiger partial charge < -0.3 is 10.2 Å². The minimum absolute atomic E-state index is 0.120. The molecule has 0 aliphatic carbocycles. The molecule has 0 rings (SSSR count). The van der Waals surface area contributed by atoms with Crippen LogP contribution >= 0.6 is 0 Å². The number of aliphatic carboxylic acids is 1. The molecule has 0 aromatic heterocycles. The molecule has 3 heteroatoms. The summed E-state index contributed by atoms with van der Waals surface area (Å²) in [6, 6.07) is 0. The molecular weight excluding hydrogens is 180 g/mol. The van der Waals surface area contributed by atoms with E-state index in [1.165, 1.54) is 6.08 Å². The summed E-state index contributed by atoms with van der Waals surface area (Å²) in [6.07, 6.45) is 5.81. The molecule has 2 N–H and O–H groups in total. The zero-order chi connectivity index (χ0) is 11.0. The van der Waals surface area contributed by atoms with Gasteiger partial charge in [0, 0.05) is 6.42 Å². The fourth-order valence-electron chi connectivity index (χ4n) is 1.38. The van der Waals surface area contributed by atoms with Gasteiger partial charge in [0.1, 0.15) is 0 Å². The minimum Gasteiger partial charge on any atom is -0.479 e. The normalized spacial score (nSPS) is 14.7. The van der Waals surface area contributed by atoms with Crippen LogP contribution in [-0.2, 0) is 4.79 Å². The summed E-state index contributed by atoms with van der Waals surface area (Å²) in [5, 5.41) is 18.5. The van der Waals surface area contributed by atoms with Crippen LogP contribution in [0.15, 0.2) is 12.7 Å². The summed E-state index contributed by atoms with van der Waals surface area (Å²) >= 11 is 0. The molecule has 0 fully saturated rings. The SMILES string of the molecule is C=CCC(O)(CCCCCC)C(=O)O. The number of hydrogen-bond donors (Lipinski definition) is 2. The maximum atomic E-state index is 10.8. The van der Waals surface area contributed by atoms with Gasteiger partial charge in [0.15, 0.2) is 5.60 Å². The van der Waals surface area contributed by atoms with Crippen LogP contribution in [0.3, 0.4) is 0 Å². The first-order valence-corrected chi connectivity index (χ1v) is 5.13. The topological polar surface area (TPSA) is 57.5 Å². The van der Waals surface area contributed by atoms with Crippen molar-refractivity contribution in [3.8, 4) is 0 Å². The first-order valence-electron chi connectivity index (χ1n) is 5.13. The maximum Gasteiger partial charge on any atom is 0.335 e. The fraction of sp³-hybridized carbons (Fsp3) is 0.727. The lowest BCUT2D eigenvalue weighted by atomic mass is 9.92. The second kappa shape index (κ2) is 6.60. The lowest BCUT2D eigenvalue weighted by Crippen LogP contribution is -2.37. The number of aliphatic hydroxyl groups is 1. The molecular formula is C11H20O3. The van der Waals surface area contributed by atoms with Crippen LogP contribution in [0.4, 0.5) is 0 Å². The molecule has 3 nitrogen and oxygen atoms in total. The van der Waals surface area contributed by atoms with Crippen LogP contribution in [0.2, 0.25) is 0 Å². The summed E-state index contributed by atoms with van der Waals surface area (Å²) in [6.45, 7) is 5.54. The highest BCUT2D eigenvalue weighted by molar-refractivity contribution is 5.77. The van der Waals surface area contributed by atoms with Gasteiger partial charge in [0.2, 0.25) is 0 Å². The predicted octanol–water partition coefficient (Wildman–Crippen LogP) is 2.35. The van der Waals surface area contributed by atoms with Crippen molar-refractivity contribution in [3.63, 3.8) is 0 Å². The first-order chi connectivity index (χ1) is 6.56. The van der Waals surface area contributed by atoms with Crippen molar-refractivity contribution in [1.82, 2.24) is 0 Å². The molecule has 0 saturated heterocycles. The molecule has 1 unspecified atom stereocenters. The summed E-state index contributed by atoms with van der Waals surface area (Å²) in [5.74, 6) is -1.14. The van der Waals surface area contributed by atoms with Gasteiger partial charge in [-0.05, 0) is 12.8 Å². The molecule has 0 heterocycles. The van der Waals surface area contributed by atoms with Gasteiger partial charge in [-0.1, -0.05) is 32.3 Å². The van der Waals surface area contributed by atoms with E-state index in [9.17, 15) is 9.90 Å². The number of carbonyl (C=O) groups is 1. The molecule has 0 aromatic carbocycles. The zero-order valence-electron chi connectivity index (χ0n) is 8.83. The van der Waals surface area contributed by atoms with Gasteiger partial charge in [-0.15, -0.1) is 6.58 Å². The fourth-order valence-corrected chi connectivity index (χ4v) is 1.38. The third-order valence-electron chi connectivity index (χ3n) is 2.32. The molecule has 0 radical (unpaired) electrons. The molecule has 0 aliphatic rings. The lowest BCUT2D eigenvalue weighted by molar-refractivity contribution is -0.159. The van der Waals surface area contributed by atoms with Crippen molar-refractivity contribution in [2.75, 3.05) is 0 Å². The Kier molecular flexibility index (Phi) is 6.21. The quantitative estimate of drug-likeness (QED) is 0.467. The van der Waals surface area contributed by atoms with Crippen LogP contribution < -0.4 is 0 Å². The standard InChI is InChI=1S/C11H20O3/c1-3-5-6-7-9-11(14,8-4-2)10(12)13/h4,14H,2-3,5-9H2,1H3,(H,12,13). The van der Waals surface area contributed by atoms with Crippen molar-refractivity contribution in [1.29, 1.82) is 0 Å². The molecule has 0 aromatic rings. The Morgan fingerprint density at radius 3 is 2.50 bits per heavy atom. The van der Waals surface area contributed by atoms with E-state index in [1.54, 1.807) is 0 Å². The van der Waals surface area contributed by atoms with E-state index in [4.69, 9.17) is 5.11 Å². The van der Waals surface area contributed by atoms with Gasteiger partial charge in [-0.3, -0.25) is 0 Å². The first kappa shape index (κ1) is 13.2. The Balaban J connectivity index is 3.96. The van der Waals surface area contributed by atoms with Crippen molar-refractivity contribution in [2.45, 2.75) is 51.0 Å². The number of hydrogen-bond acceptors (Lipinski definition) is 2. The summed E-state index contributed by atoms with van der Waals surface area (Å²) in [5.41, 5.74) is -1.60. The van der Waals surface area contributed by atoms with E-state index in [0.717, 1.165) is 25.7 Å². The smallest absolute Gasteiger partial charge is 0.335 e. The van der Waals surface area contributed by atoms with Crippen molar-refractivity contribution < 1.29 is 15.0 Å². The highest BCUT2D eigenvalue weighted by Gasteiger charge is 2.33. The molecule has 1 atom stereocenters. The van der Waals surface area contributed by atoms with E-state index in [0.29, 0.717) is 6.42 Å². The average molecular weight is 200 g/mol. The molecule has 82 valence electrons. The highest BCUT2D eigenvalue weighted by Crippen LogP contribution is 2.20. The second-order valence-electron chi connectivity index (χ2n) is 3.64. The summed E-state index contributed by atoms with van der Waals surface area (Å²) in [7, 11) is 0. The third-order valence-corrected chi connectivity index (χ3v) is 2.32. The molecule has 0 bridgehead atoms. The average Bonchev–Trinajstić information content (AvgIpc) is 2.13. The Morgan fingerprint density at radius 1 is 1.43 bits per heavy atom. The third kappa shape index (κ3) is 4.42. The highest BCUT2D eigenvalue weighted by atomic mass is 16.4. The van der Waals surface area contributed by atoms with Crippen molar-refractivity contribution in [2.24, 2.45) is 0 Å². The Bertz CT molecular complexity index is 189. The molecule has 0 saturated carbocycles. The van der Waals surface area contributed by atoms with Crippen LogP contribution in [0, 0.1) is 0 Å². The number of unbranched alkanes of at least 4 members (excludes halogenated alkanes) is 3. The van der Waals surface area contributed by atoms with Crippen molar-refractivity contribution in [3.05, 3.63) is 12.7 Å². The summed E-state index contributed by atoms with van der Waals surface area (Å²) < 4.78 is 0. The Hall–Kier alpha value is -0.830.